The van der Waals surface area contributed by atoms with E-state index in [1.807, 2.05) is 52.0 Å². The van der Waals surface area contributed by atoms with Crippen molar-refractivity contribution in [3.05, 3.63) is 64.7 Å². The third kappa shape index (κ3) is 7.20. The molecule has 0 saturated carbocycles. The van der Waals surface area contributed by atoms with Crippen molar-refractivity contribution in [2.75, 3.05) is 17.1 Å². The van der Waals surface area contributed by atoms with Crippen molar-refractivity contribution in [3.8, 4) is 0 Å². The van der Waals surface area contributed by atoms with Crippen LogP contribution < -0.4 is 9.62 Å². The zero-order valence-corrected chi connectivity index (χ0v) is 21.3. The number of halogens is 1. The zero-order valence-electron chi connectivity index (χ0n) is 19.7. The van der Waals surface area contributed by atoms with E-state index < -0.39 is 28.5 Å². The first-order chi connectivity index (χ1) is 15.5. The van der Waals surface area contributed by atoms with Crippen LogP contribution in [0.1, 0.15) is 38.3 Å². The van der Waals surface area contributed by atoms with Crippen LogP contribution in [0.4, 0.5) is 5.69 Å². The van der Waals surface area contributed by atoms with Crippen LogP contribution in [0.3, 0.4) is 0 Å². The van der Waals surface area contributed by atoms with Crippen molar-refractivity contribution in [2.45, 2.75) is 52.7 Å². The van der Waals surface area contributed by atoms with E-state index in [0.29, 0.717) is 6.42 Å². The van der Waals surface area contributed by atoms with E-state index in [1.165, 1.54) is 4.90 Å². The summed E-state index contributed by atoms with van der Waals surface area (Å²) in [4.78, 5) is 28.0. The normalized spacial score (nSPS) is 12.3. The maximum absolute atomic E-state index is 13.6. The van der Waals surface area contributed by atoms with Crippen LogP contribution in [0.2, 0.25) is 5.02 Å². The van der Waals surface area contributed by atoms with Gasteiger partial charge in [-0.1, -0.05) is 54.9 Å². The van der Waals surface area contributed by atoms with E-state index in [2.05, 4.69) is 5.32 Å². The highest BCUT2D eigenvalue weighted by Crippen LogP contribution is 2.27. The lowest BCUT2D eigenvalue weighted by Gasteiger charge is -2.33. The van der Waals surface area contributed by atoms with Gasteiger partial charge >= 0.3 is 0 Å². The Labute approximate surface area is 201 Å². The Balaban J connectivity index is 2.47. The van der Waals surface area contributed by atoms with Gasteiger partial charge in [0.2, 0.25) is 21.8 Å². The predicted octanol–water partition coefficient (Wildman–Crippen LogP) is 3.75. The number of hydrogen-bond donors (Lipinski definition) is 1. The average Bonchev–Trinajstić information content (AvgIpc) is 2.72. The Hall–Kier alpha value is -2.58. The van der Waals surface area contributed by atoms with Crippen molar-refractivity contribution in [1.29, 1.82) is 0 Å². The molecule has 0 aromatic heterocycles. The van der Waals surface area contributed by atoms with Crippen molar-refractivity contribution in [2.24, 2.45) is 0 Å². The summed E-state index contributed by atoms with van der Waals surface area (Å²) in [5.74, 6) is -0.771. The van der Waals surface area contributed by atoms with Gasteiger partial charge in [-0.25, -0.2) is 8.42 Å². The second-order valence-corrected chi connectivity index (χ2v) is 10.6. The fourth-order valence-electron chi connectivity index (χ4n) is 3.52. The molecule has 0 heterocycles. The second kappa shape index (κ2) is 11.5. The standard InChI is InChI=1S/C24H32ClN3O4S/c1-6-21(24(30)26-17(2)3)27(15-19-12-8-7-11-18(19)4)23(29)16-28(33(5,31)32)22-14-10-9-13-20(22)25/h7-14,17,21H,6,15-16H2,1-5H3,(H,26,30). The molecule has 0 saturated heterocycles. The fourth-order valence-corrected chi connectivity index (χ4v) is 4.67. The van der Waals surface area contributed by atoms with Crippen molar-refractivity contribution in [3.63, 3.8) is 0 Å². The average molecular weight is 494 g/mol. The summed E-state index contributed by atoms with van der Waals surface area (Å²) < 4.78 is 26.2. The van der Waals surface area contributed by atoms with Crippen LogP contribution in [0.15, 0.2) is 48.5 Å². The number of hydrogen-bond acceptors (Lipinski definition) is 4. The van der Waals surface area contributed by atoms with E-state index in [1.54, 1.807) is 24.3 Å². The lowest BCUT2D eigenvalue weighted by atomic mass is 10.1. The Morgan fingerprint density at radius 2 is 1.67 bits per heavy atom. The molecule has 2 amide bonds. The van der Waals surface area contributed by atoms with Gasteiger partial charge in [0.05, 0.1) is 17.0 Å². The van der Waals surface area contributed by atoms with E-state index in [0.717, 1.165) is 21.7 Å². The van der Waals surface area contributed by atoms with E-state index in [-0.39, 0.29) is 29.2 Å². The highest BCUT2D eigenvalue weighted by molar-refractivity contribution is 7.92. The summed E-state index contributed by atoms with van der Waals surface area (Å²) in [6.07, 6.45) is 1.40. The topological polar surface area (TPSA) is 86.8 Å². The second-order valence-electron chi connectivity index (χ2n) is 8.26. The number of rotatable bonds is 10. The molecule has 9 heteroatoms. The molecule has 0 radical (unpaired) electrons. The van der Waals surface area contributed by atoms with E-state index in [4.69, 9.17) is 11.6 Å². The number of carbonyl (C=O) groups excluding carboxylic acids is 2. The Morgan fingerprint density at radius 1 is 1.06 bits per heavy atom. The van der Waals surface area contributed by atoms with Gasteiger partial charge in [0.15, 0.2) is 0 Å². The lowest BCUT2D eigenvalue weighted by Crippen LogP contribution is -2.53. The van der Waals surface area contributed by atoms with E-state index >= 15 is 0 Å². The van der Waals surface area contributed by atoms with Gasteiger partial charge in [0.25, 0.3) is 0 Å². The molecule has 1 unspecified atom stereocenters. The summed E-state index contributed by atoms with van der Waals surface area (Å²) in [5.41, 5.74) is 2.07. The highest BCUT2D eigenvalue weighted by atomic mass is 35.5. The van der Waals surface area contributed by atoms with Crippen LogP contribution in [-0.2, 0) is 26.2 Å². The third-order valence-electron chi connectivity index (χ3n) is 5.22. The molecule has 1 atom stereocenters. The van der Waals surface area contributed by atoms with Gasteiger partial charge in [0, 0.05) is 12.6 Å². The summed E-state index contributed by atoms with van der Waals surface area (Å²) in [5, 5.41) is 3.08. The number of benzene rings is 2. The predicted molar refractivity (Wildman–Crippen MR) is 133 cm³/mol. The molecule has 7 nitrogen and oxygen atoms in total. The smallest absolute Gasteiger partial charge is 0.244 e. The van der Waals surface area contributed by atoms with Crippen LogP contribution in [0.25, 0.3) is 0 Å². The summed E-state index contributed by atoms with van der Waals surface area (Å²) in [7, 11) is -3.82. The zero-order chi connectivity index (χ0) is 24.8. The Morgan fingerprint density at radius 3 is 2.21 bits per heavy atom. The minimum Gasteiger partial charge on any atom is -0.352 e. The monoisotopic (exact) mass is 493 g/mol. The number of aryl methyl sites for hydroxylation is 1. The molecule has 33 heavy (non-hydrogen) atoms. The van der Waals surface area contributed by atoms with Gasteiger partial charge in [0.1, 0.15) is 12.6 Å². The van der Waals surface area contributed by atoms with Crippen molar-refractivity contribution < 1.29 is 18.0 Å². The molecular formula is C24H32ClN3O4S. The SMILES string of the molecule is CCC(C(=O)NC(C)C)N(Cc1ccccc1C)C(=O)CN(c1ccccc1Cl)S(C)(=O)=O. The molecule has 1 N–H and O–H groups in total. The minimum absolute atomic E-state index is 0.0994. The quantitative estimate of drug-likeness (QED) is 0.546. The Bertz CT molecular complexity index is 1090. The molecule has 0 aliphatic rings. The van der Waals surface area contributed by atoms with Gasteiger partial charge in [-0.3, -0.25) is 13.9 Å². The fraction of sp³-hybridized carbons (Fsp3) is 0.417. The van der Waals surface area contributed by atoms with Crippen LogP contribution in [-0.4, -0.2) is 50.0 Å². The molecule has 0 aliphatic carbocycles. The summed E-state index contributed by atoms with van der Waals surface area (Å²) >= 11 is 6.24. The van der Waals surface area contributed by atoms with Crippen LogP contribution in [0.5, 0.6) is 0 Å². The molecule has 0 aliphatic heterocycles. The largest absolute Gasteiger partial charge is 0.352 e. The molecule has 0 bridgehead atoms. The maximum atomic E-state index is 13.6. The lowest BCUT2D eigenvalue weighted by molar-refractivity contribution is -0.140. The van der Waals surface area contributed by atoms with Gasteiger partial charge < -0.3 is 10.2 Å². The Kier molecular flexibility index (Phi) is 9.31. The van der Waals surface area contributed by atoms with Crippen molar-refractivity contribution in [1.82, 2.24) is 10.2 Å². The van der Waals surface area contributed by atoms with Gasteiger partial charge in [-0.05, 0) is 50.5 Å². The number of carbonyl (C=O) groups is 2. The molecular weight excluding hydrogens is 462 g/mol. The minimum atomic E-state index is -3.82. The number of amides is 2. The number of nitrogens with zero attached hydrogens (tertiary/aromatic N) is 2. The molecule has 180 valence electrons. The molecule has 0 spiro atoms. The van der Waals surface area contributed by atoms with Crippen LogP contribution >= 0.6 is 11.6 Å². The first-order valence-corrected chi connectivity index (χ1v) is 13.0. The first-order valence-electron chi connectivity index (χ1n) is 10.8. The third-order valence-corrected chi connectivity index (χ3v) is 6.67. The molecule has 2 aromatic carbocycles. The summed E-state index contributed by atoms with van der Waals surface area (Å²) in [6.45, 7) is 7.15. The van der Waals surface area contributed by atoms with Crippen LogP contribution in [0, 0.1) is 6.92 Å². The molecule has 2 aromatic rings. The highest BCUT2D eigenvalue weighted by Gasteiger charge is 2.32. The molecule has 0 fully saturated rings. The first kappa shape index (κ1) is 26.7. The van der Waals surface area contributed by atoms with Gasteiger partial charge in [-0.15, -0.1) is 0 Å². The number of para-hydroxylation sites is 1. The number of nitrogens with one attached hydrogen (secondary N) is 1. The number of anilines is 1. The summed E-state index contributed by atoms with van der Waals surface area (Å²) in [6, 6.07) is 13.2. The van der Waals surface area contributed by atoms with Crippen molar-refractivity contribution >= 4 is 39.1 Å². The van der Waals surface area contributed by atoms with Gasteiger partial charge in [-0.2, -0.15) is 0 Å². The van der Waals surface area contributed by atoms with E-state index in [9.17, 15) is 18.0 Å². The number of sulfonamides is 1. The maximum Gasteiger partial charge on any atom is 0.244 e. The molecule has 2 rings (SSSR count).